The molecular formula is C24H20N4O6. The monoisotopic (exact) mass is 460 g/mol. The third-order valence-corrected chi connectivity index (χ3v) is 5.42. The molecule has 10 heteroatoms. The molecule has 34 heavy (non-hydrogen) atoms. The van der Waals surface area contributed by atoms with Gasteiger partial charge >= 0.3 is 5.69 Å². The number of hydrogen-bond acceptors (Lipinski definition) is 7. The van der Waals surface area contributed by atoms with Crippen LogP contribution in [0.15, 0.2) is 70.4 Å². The summed E-state index contributed by atoms with van der Waals surface area (Å²) in [4.78, 5) is 43.5. The minimum Gasteiger partial charge on any atom is -0.497 e. The minimum atomic E-state index is -0.621. The zero-order valence-electron chi connectivity index (χ0n) is 18.2. The first-order valence-corrected chi connectivity index (χ1v) is 10.4. The molecule has 0 atom stereocenters. The van der Waals surface area contributed by atoms with Crippen LogP contribution in [-0.4, -0.2) is 33.9 Å². The van der Waals surface area contributed by atoms with E-state index in [0.29, 0.717) is 28.5 Å². The Morgan fingerprint density at radius 1 is 1.06 bits per heavy atom. The SMILES string of the molecule is COc1cccc(NC(=O)Cn2c(=O)n(Cc3ccc4c(c3)OCO4)c(=O)c3ncccc32)c1. The first-order chi connectivity index (χ1) is 16.5. The van der Waals surface area contributed by atoms with Gasteiger partial charge in [0.05, 0.1) is 19.2 Å². The number of methoxy groups -OCH3 is 1. The molecule has 0 fully saturated rings. The molecule has 172 valence electrons. The normalized spacial score (nSPS) is 12.0. The second-order valence-corrected chi connectivity index (χ2v) is 7.60. The first kappa shape index (κ1) is 21.3. The van der Waals surface area contributed by atoms with E-state index in [2.05, 4.69) is 10.3 Å². The van der Waals surface area contributed by atoms with Crippen molar-refractivity contribution in [3.63, 3.8) is 0 Å². The lowest BCUT2D eigenvalue weighted by molar-refractivity contribution is -0.116. The highest BCUT2D eigenvalue weighted by Crippen LogP contribution is 2.32. The summed E-state index contributed by atoms with van der Waals surface area (Å²) in [7, 11) is 1.53. The zero-order chi connectivity index (χ0) is 23.7. The number of aromatic nitrogens is 3. The molecule has 1 aliphatic rings. The summed E-state index contributed by atoms with van der Waals surface area (Å²) in [5, 5.41) is 2.75. The van der Waals surface area contributed by atoms with Crippen molar-refractivity contribution >= 4 is 22.6 Å². The van der Waals surface area contributed by atoms with E-state index in [1.165, 1.54) is 17.9 Å². The fourth-order valence-electron chi connectivity index (χ4n) is 3.80. The molecule has 10 nitrogen and oxygen atoms in total. The Hall–Kier alpha value is -4.60. The van der Waals surface area contributed by atoms with Crippen molar-refractivity contribution in [1.29, 1.82) is 0 Å². The summed E-state index contributed by atoms with van der Waals surface area (Å²) in [6.45, 7) is -0.203. The minimum absolute atomic E-state index is 0.0156. The predicted molar refractivity (Wildman–Crippen MR) is 124 cm³/mol. The fourth-order valence-corrected chi connectivity index (χ4v) is 3.80. The number of hydrogen-bond donors (Lipinski definition) is 1. The van der Waals surface area contributed by atoms with Crippen LogP contribution in [0.3, 0.4) is 0 Å². The molecule has 0 saturated carbocycles. The van der Waals surface area contributed by atoms with Crippen molar-refractivity contribution < 1.29 is 19.0 Å². The summed E-state index contributed by atoms with van der Waals surface area (Å²) in [6.07, 6.45) is 1.47. The van der Waals surface area contributed by atoms with Gasteiger partial charge in [-0.25, -0.2) is 9.78 Å². The molecule has 0 spiro atoms. The van der Waals surface area contributed by atoms with Gasteiger partial charge in [-0.1, -0.05) is 12.1 Å². The zero-order valence-corrected chi connectivity index (χ0v) is 18.2. The van der Waals surface area contributed by atoms with Gasteiger partial charge in [-0.2, -0.15) is 0 Å². The molecular weight excluding hydrogens is 440 g/mol. The molecule has 5 rings (SSSR count). The smallest absolute Gasteiger partial charge is 0.332 e. The number of benzene rings is 2. The maximum atomic E-state index is 13.4. The molecule has 2 aromatic carbocycles. The Morgan fingerprint density at radius 3 is 2.76 bits per heavy atom. The van der Waals surface area contributed by atoms with Crippen molar-refractivity contribution in [3.8, 4) is 17.2 Å². The molecule has 1 amide bonds. The topological polar surface area (TPSA) is 114 Å². The Bertz CT molecular complexity index is 1520. The molecule has 0 unspecified atom stereocenters. The van der Waals surface area contributed by atoms with Crippen LogP contribution in [0, 0.1) is 0 Å². The second-order valence-electron chi connectivity index (χ2n) is 7.60. The number of ether oxygens (including phenoxy) is 3. The van der Waals surface area contributed by atoms with Crippen molar-refractivity contribution in [1.82, 2.24) is 14.1 Å². The number of rotatable bonds is 6. The van der Waals surface area contributed by atoms with Crippen molar-refractivity contribution in [2.24, 2.45) is 0 Å². The molecule has 4 aromatic rings. The predicted octanol–water partition coefficient (Wildman–Crippen LogP) is 1.98. The third-order valence-electron chi connectivity index (χ3n) is 5.42. The number of pyridine rings is 1. The van der Waals surface area contributed by atoms with Crippen LogP contribution in [0.25, 0.3) is 11.0 Å². The Labute approximate surface area is 193 Å². The molecule has 0 bridgehead atoms. The maximum absolute atomic E-state index is 13.4. The van der Waals surface area contributed by atoms with Crippen LogP contribution in [0.1, 0.15) is 5.56 Å². The van der Waals surface area contributed by atoms with Gasteiger partial charge in [0.1, 0.15) is 12.3 Å². The van der Waals surface area contributed by atoms with E-state index in [4.69, 9.17) is 14.2 Å². The van der Waals surface area contributed by atoms with E-state index < -0.39 is 17.2 Å². The van der Waals surface area contributed by atoms with Gasteiger partial charge in [-0.05, 0) is 42.0 Å². The molecule has 0 radical (unpaired) electrons. The lowest BCUT2D eigenvalue weighted by atomic mass is 10.2. The highest BCUT2D eigenvalue weighted by Gasteiger charge is 2.18. The summed E-state index contributed by atoms with van der Waals surface area (Å²) in [5.74, 6) is 1.29. The van der Waals surface area contributed by atoms with Gasteiger partial charge in [0.15, 0.2) is 17.0 Å². The first-order valence-electron chi connectivity index (χ1n) is 10.4. The largest absolute Gasteiger partial charge is 0.497 e. The average Bonchev–Trinajstić information content (AvgIpc) is 3.32. The number of nitrogens with zero attached hydrogens (tertiary/aromatic N) is 3. The van der Waals surface area contributed by atoms with Crippen LogP contribution in [0.4, 0.5) is 5.69 Å². The van der Waals surface area contributed by atoms with E-state index >= 15 is 0 Å². The van der Waals surface area contributed by atoms with Gasteiger partial charge in [0, 0.05) is 18.0 Å². The van der Waals surface area contributed by atoms with Gasteiger partial charge in [-0.3, -0.25) is 18.7 Å². The van der Waals surface area contributed by atoms with E-state index in [1.54, 1.807) is 54.6 Å². The number of amides is 1. The molecule has 0 saturated heterocycles. The summed E-state index contributed by atoms with van der Waals surface area (Å²) < 4.78 is 18.2. The van der Waals surface area contributed by atoms with Crippen LogP contribution in [-0.2, 0) is 17.9 Å². The number of carbonyl (C=O) groups excluding carboxylic acids is 1. The average molecular weight is 460 g/mol. The lowest BCUT2D eigenvalue weighted by Crippen LogP contribution is -2.42. The highest BCUT2D eigenvalue weighted by atomic mass is 16.7. The quantitative estimate of drug-likeness (QED) is 0.468. The Morgan fingerprint density at radius 2 is 1.91 bits per heavy atom. The second kappa shape index (κ2) is 8.74. The lowest BCUT2D eigenvalue weighted by Gasteiger charge is -2.14. The summed E-state index contributed by atoms with van der Waals surface area (Å²) >= 11 is 0. The molecule has 0 aliphatic carbocycles. The van der Waals surface area contributed by atoms with E-state index in [-0.39, 0.29) is 30.9 Å². The fraction of sp³-hybridized carbons (Fsp3) is 0.167. The van der Waals surface area contributed by atoms with Crippen molar-refractivity contribution in [2.75, 3.05) is 19.2 Å². The summed E-state index contributed by atoms with van der Waals surface area (Å²) in [5.41, 5.74) is 0.406. The van der Waals surface area contributed by atoms with Gasteiger partial charge in [0.25, 0.3) is 5.56 Å². The van der Waals surface area contributed by atoms with Crippen LogP contribution >= 0.6 is 0 Å². The Balaban J connectivity index is 1.51. The number of nitrogens with one attached hydrogen (secondary N) is 1. The van der Waals surface area contributed by atoms with E-state index in [0.717, 1.165) is 4.57 Å². The summed E-state index contributed by atoms with van der Waals surface area (Å²) in [6, 6.07) is 15.3. The molecule has 1 N–H and O–H groups in total. The van der Waals surface area contributed by atoms with E-state index in [1.807, 2.05) is 0 Å². The molecule has 2 aromatic heterocycles. The van der Waals surface area contributed by atoms with Crippen LogP contribution < -0.4 is 30.8 Å². The third kappa shape index (κ3) is 3.96. The molecule has 3 heterocycles. The number of carbonyl (C=O) groups is 1. The van der Waals surface area contributed by atoms with Gasteiger partial charge < -0.3 is 19.5 Å². The van der Waals surface area contributed by atoms with Gasteiger partial charge in [0.2, 0.25) is 12.7 Å². The van der Waals surface area contributed by atoms with E-state index in [9.17, 15) is 14.4 Å². The standard InChI is InChI=1S/C24H20N4O6/c1-32-17-5-2-4-16(11-17)26-21(29)13-27-18-6-3-9-25-22(18)23(30)28(24(27)31)12-15-7-8-19-20(10-15)34-14-33-19/h2-11H,12-14H2,1H3,(H,26,29). The van der Waals surface area contributed by atoms with Crippen LogP contribution in [0.2, 0.25) is 0 Å². The number of fused-ring (bicyclic) bond motifs is 2. The van der Waals surface area contributed by atoms with Crippen LogP contribution in [0.5, 0.6) is 17.2 Å². The molecule has 1 aliphatic heterocycles. The van der Waals surface area contributed by atoms with Crippen molar-refractivity contribution in [2.45, 2.75) is 13.1 Å². The highest BCUT2D eigenvalue weighted by molar-refractivity contribution is 5.91. The Kier molecular flexibility index (Phi) is 5.46. The maximum Gasteiger partial charge on any atom is 0.332 e. The number of anilines is 1. The van der Waals surface area contributed by atoms with Gasteiger partial charge in [-0.15, -0.1) is 0 Å². The van der Waals surface area contributed by atoms with Crippen molar-refractivity contribution in [3.05, 3.63) is 87.2 Å².